The van der Waals surface area contributed by atoms with Crippen LogP contribution in [-0.2, 0) is 6.18 Å². The van der Waals surface area contributed by atoms with Gasteiger partial charge in [-0.3, -0.25) is 4.79 Å². The predicted molar refractivity (Wildman–Crippen MR) is 75.0 cm³/mol. The van der Waals surface area contributed by atoms with Gasteiger partial charge >= 0.3 is 6.18 Å². The highest BCUT2D eigenvalue weighted by molar-refractivity contribution is 9.09. The number of hydrogen-bond acceptors (Lipinski definition) is 1. The van der Waals surface area contributed by atoms with Crippen LogP contribution in [0.25, 0.3) is 11.1 Å². The van der Waals surface area contributed by atoms with Gasteiger partial charge < -0.3 is 0 Å². The minimum atomic E-state index is -4.36. The van der Waals surface area contributed by atoms with Gasteiger partial charge in [0.15, 0.2) is 5.78 Å². The van der Waals surface area contributed by atoms with Gasteiger partial charge in [0, 0.05) is 5.56 Å². The fraction of sp³-hybridized carbons (Fsp3) is 0.133. The van der Waals surface area contributed by atoms with Crippen LogP contribution in [0.2, 0.25) is 0 Å². The highest BCUT2D eigenvalue weighted by atomic mass is 79.9. The van der Waals surface area contributed by atoms with Crippen molar-refractivity contribution in [3.63, 3.8) is 0 Å². The zero-order valence-corrected chi connectivity index (χ0v) is 11.8. The monoisotopic (exact) mass is 342 g/mol. The lowest BCUT2D eigenvalue weighted by Gasteiger charge is -2.09. The number of hydrogen-bond donors (Lipinski definition) is 0. The quantitative estimate of drug-likeness (QED) is 0.569. The number of carbonyl (C=O) groups is 1. The molecule has 0 heterocycles. The number of benzene rings is 2. The van der Waals surface area contributed by atoms with E-state index in [1.54, 1.807) is 30.3 Å². The molecule has 2 aromatic carbocycles. The van der Waals surface area contributed by atoms with Crippen LogP contribution in [0.15, 0.2) is 48.5 Å². The molecule has 0 unspecified atom stereocenters. The van der Waals surface area contributed by atoms with E-state index >= 15 is 0 Å². The summed E-state index contributed by atoms with van der Waals surface area (Å²) < 4.78 is 37.9. The molecule has 1 nitrogen and oxygen atoms in total. The molecule has 5 heteroatoms. The number of Topliss-reactive ketones (excluding diaryl/α,β-unsaturated/α-hetero) is 1. The smallest absolute Gasteiger partial charge is 0.293 e. The van der Waals surface area contributed by atoms with E-state index in [9.17, 15) is 18.0 Å². The first-order valence-corrected chi connectivity index (χ1v) is 6.91. The number of rotatable bonds is 3. The molecule has 0 radical (unpaired) electrons. The summed E-state index contributed by atoms with van der Waals surface area (Å²) in [5, 5.41) is 0.218. The van der Waals surface area contributed by atoms with Crippen molar-refractivity contribution in [2.75, 3.05) is 5.33 Å². The van der Waals surface area contributed by atoms with E-state index in [2.05, 4.69) is 15.9 Å². The summed E-state index contributed by atoms with van der Waals surface area (Å²) in [6.07, 6.45) is -4.36. The van der Waals surface area contributed by atoms with Crippen LogP contribution in [0, 0.1) is 0 Å². The largest absolute Gasteiger partial charge is 0.416 e. The van der Waals surface area contributed by atoms with Crippen molar-refractivity contribution in [3.05, 3.63) is 59.7 Å². The second-order valence-electron chi connectivity index (χ2n) is 4.21. The second-order valence-corrected chi connectivity index (χ2v) is 4.77. The van der Waals surface area contributed by atoms with E-state index in [0.717, 1.165) is 12.1 Å². The third-order valence-electron chi connectivity index (χ3n) is 2.85. The van der Waals surface area contributed by atoms with Crippen LogP contribution in [0.1, 0.15) is 15.9 Å². The Balaban J connectivity index is 2.35. The maximum Gasteiger partial charge on any atom is 0.416 e. The molecule has 0 spiro atoms. The molecule has 0 N–H and O–H groups in total. The van der Waals surface area contributed by atoms with Gasteiger partial charge in [-0.15, -0.1) is 0 Å². The topological polar surface area (TPSA) is 17.1 Å². The molecule has 0 aliphatic heterocycles. The van der Waals surface area contributed by atoms with Gasteiger partial charge in [-0.25, -0.2) is 0 Å². The van der Waals surface area contributed by atoms with Gasteiger partial charge in [0.2, 0.25) is 0 Å². The highest BCUT2D eigenvalue weighted by Gasteiger charge is 2.30. The zero-order valence-electron chi connectivity index (χ0n) is 10.2. The molecule has 0 bridgehead atoms. The third-order valence-corrected chi connectivity index (χ3v) is 3.36. The Kier molecular flexibility index (Phi) is 4.28. The van der Waals surface area contributed by atoms with Crippen LogP contribution in [0.5, 0.6) is 0 Å². The highest BCUT2D eigenvalue weighted by Crippen LogP contribution is 2.32. The fourth-order valence-electron chi connectivity index (χ4n) is 1.80. The summed E-state index contributed by atoms with van der Waals surface area (Å²) in [6, 6.07) is 11.6. The molecule has 0 amide bonds. The number of halogens is 4. The summed E-state index contributed by atoms with van der Waals surface area (Å²) in [4.78, 5) is 11.5. The van der Waals surface area contributed by atoms with E-state index in [-0.39, 0.29) is 11.1 Å². The molecule has 0 atom stereocenters. The van der Waals surface area contributed by atoms with Crippen molar-refractivity contribution in [1.29, 1.82) is 0 Å². The van der Waals surface area contributed by atoms with Gasteiger partial charge in [-0.1, -0.05) is 52.3 Å². The van der Waals surface area contributed by atoms with E-state index in [1.165, 1.54) is 6.07 Å². The average Bonchev–Trinajstić information content (AvgIpc) is 2.46. The number of ketones is 1. The van der Waals surface area contributed by atoms with Crippen LogP contribution >= 0.6 is 15.9 Å². The maximum atomic E-state index is 12.6. The van der Waals surface area contributed by atoms with Gasteiger partial charge in [0.05, 0.1) is 10.9 Å². The molecule has 20 heavy (non-hydrogen) atoms. The lowest BCUT2D eigenvalue weighted by Crippen LogP contribution is -2.04. The lowest BCUT2D eigenvalue weighted by molar-refractivity contribution is -0.137. The Bertz CT molecular complexity index is 618. The Hall–Kier alpha value is -1.62. The molecular weight excluding hydrogens is 333 g/mol. The van der Waals surface area contributed by atoms with E-state index in [0.29, 0.717) is 16.7 Å². The molecular formula is C15H10BrF3O. The van der Waals surface area contributed by atoms with Crippen LogP contribution in [-0.4, -0.2) is 11.1 Å². The second kappa shape index (κ2) is 5.79. The lowest BCUT2D eigenvalue weighted by atomic mass is 10.0. The molecule has 0 saturated heterocycles. The molecule has 0 aliphatic carbocycles. The van der Waals surface area contributed by atoms with Gasteiger partial charge in [-0.2, -0.15) is 13.2 Å². The van der Waals surface area contributed by atoms with E-state index in [1.807, 2.05) is 0 Å². The predicted octanol–water partition coefficient (Wildman–Crippen LogP) is 4.95. The standard InChI is InChI=1S/C15H10BrF3O/c16-9-14(20)11-6-4-10(5-7-11)12-2-1-3-13(8-12)15(17,18)19/h1-8H,9H2. The first-order chi connectivity index (χ1) is 9.41. The summed E-state index contributed by atoms with van der Waals surface area (Å²) in [6.45, 7) is 0. The first kappa shape index (κ1) is 14.8. The normalized spacial score (nSPS) is 11.4. The van der Waals surface area contributed by atoms with Crippen molar-refractivity contribution in [2.45, 2.75) is 6.18 Å². The number of carbonyl (C=O) groups excluding carboxylic acids is 1. The Labute approximate surface area is 122 Å². The first-order valence-electron chi connectivity index (χ1n) is 5.78. The van der Waals surface area contributed by atoms with Crippen molar-refractivity contribution < 1.29 is 18.0 Å². The number of alkyl halides is 4. The maximum absolute atomic E-state index is 12.6. The Morgan fingerprint density at radius 3 is 2.20 bits per heavy atom. The minimum Gasteiger partial charge on any atom is -0.293 e. The molecule has 2 aromatic rings. The molecule has 0 aliphatic rings. The van der Waals surface area contributed by atoms with Gasteiger partial charge in [-0.05, 0) is 23.3 Å². The zero-order chi connectivity index (χ0) is 14.8. The molecule has 0 fully saturated rings. The molecule has 104 valence electrons. The minimum absolute atomic E-state index is 0.0689. The molecule has 2 rings (SSSR count). The Morgan fingerprint density at radius 2 is 1.65 bits per heavy atom. The summed E-state index contributed by atoms with van der Waals surface area (Å²) in [5.74, 6) is -0.0689. The summed E-state index contributed by atoms with van der Waals surface area (Å²) in [5.41, 5.74) is 0.952. The van der Waals surface area contributed by atoms with Gasteiger partial charge in [0.25, 0.3) is 0 Å². The van der Waals surface area contributed by atoms with Crippen LogP contribution in [0.4, 0.5) is 13.2 Å². The summed E-state index contributed by atoms with van der Waals surface area (Å²) >= 11 is 3.07. The average molecular weight is 343 g/mol. The van der Waals surface area contributed by atoms with Crippen LogP contribution in [0.3, 0.4) is 0 Å². The van der Waals surface area contributed by atoms with Crippen molar-refractivity contribution in [2.24, 2.45) is 0 Å². The van der Waals surface area contributed by atoms with Gasteiger partial charge in [0.1, 0.15) is 0 Å². The summed E-state index contributed by atoms with van der Waals surface area (Å²) in [7, 11) is 0. The van der Waals surface area contributed by atoms with Crippen LogP contribution < -0.4 is 0 Å². The van der Waals surface area contributed by atoms with Crippen molar-refractivity contribution >= 4 is 21.7 Å². The Morgan fingerprint density at radius 1 is 1.00 bits per heavy atom. The van der Waals surface area contributed by atoms with E-state index in [4.69, 9.17) is 0 Å². The molecule has 0 saturated carbocycles. The van der Waals surface area contributed by atoms with Crippen molar-refractivity contribution in [1.82, 2.24) is 0 Å². The van der Waals surface area contributed by atoms with Crippen molar-refractivity contribution in [3.8, 4) is 11.1 Å². The SMILES string of the molecule is O=C(CBr)c1ccc(-c2cccc(C(F)(F)F)c2)cc1. The third kappa shape index (κ3) is 3.28. The fourth-order valence-corrected chi connectivity index (χ4v) is 2.12. The molecule has 0 aromatic heterocycles. The van der Waals surface area contributed by atoms with E-state index < -0.39 is 11.7 Å².